The normalized spacial score (nSPS) is 16.5. The zero-order chi connectivity index (χ0) is 16.4. The van der Waals surface area contributed by atoms with Crippen LogP contribution < -0.4 is 20.9 Å². The number of rotatable bonds is 2. The largest absolute Gasteiger partial charge is 0.508 e. The van der Waals surface area contributed by atoms with Crippen molar-refractivity contribution in [1.29, 1.82) is 0 Å². The van der Waals surface area contributed by atoms with Gasteiger partial charge in [-0.1, -0.05) is 0 Å². The number of phenolic OH excluding ortho intramolecular Hbond substituents is 1. The van der Waals surface area contributed by atoms with Crippen molar-refractivity contribution < 1.29 is 18.3 Å². The van der Waals surface area contributed by atoms with Crippen molar-refractivity contribution in [2.24, 2.45) is 0 Å². The first-order valence-electron chi connectivity index (χ1n) is 6.68. The molecule has 5 nitrogen and oxygen atoms in total. The van der Waals surface area contributed by atoms with Gasteiger partial charge >= 0.3 is 6.18 Å². The van der Waals surface area contributed by atoms with Crippen LogP contribution in [0.3, 0.4) is 0 Å². The molecule has 0 spiro atoms. The van der Waals surface area contributed by atoms with Crippen LogP contribution in [0.2, 0.25) is 0 Å². The van der Waals surface area contributed by atoms with Gasteiger partial charge in [0.25, 0.3) is 0 Å². The smallest absolute Gasteiger partial charge is 0.418 e. The summed E-state index contributed by atoms with van der Waals surface area (Å²) in [7, 11) is 0. The number of nitrogens with one attached hydrogen (secondary N) is 2. The van der Waals surface area contributed by atoms with E-state index in [1.54, 1.807) is 36.7 Å². The number of anilines is 2. The molecule has 0 aliphatic carbocycles. The Morgan fingerprint density at radius 3 is 2.00 bits per heavy atom. The number of nitrogens with zero attached hydrogens (tertiary/aromatic N) is 2. The molecule has 0 radical (unpaired) electrons. The van der Waals surface area contributed by atoms with E-state index in [2.05, 4.69) is 10.9 Å². The maximum absolute atomic E-state index is 13.5. The summed E-state index contributed by atoms with van der Waals surface area (Å²) in [6.45, 7) is 0. The monoisotopic (exact) mass is 322 g/mol. The van der Waals surface area contributed by atoms with E-state index < -0.39 is 17.5 Å². The zero-order valence-electron chi connectivity index (χ0n) is 11.7. The molecule has 2 heterocycles. The third kappa shape index (κ3) is 2.96. The first-order chi connectivity index (χ1) is 11.0. The minimum absolute atomic E-state index is 0.136. The molecule has 0 unspecified atom stereocenters. The van der Waals surface area contributed by atoms with Gasteiger partial charge in [-0.2, -0.15) is 13.2 Å². The van der Waals surface area contributed by atoms with E-state index >= 15 is 0 Å². The molecule has 2 aliphatic rings. The molecule has 0 saturated carbocycles. The molecule has 120 valence electrons. The molecule has 2 aliphatic heterocycles. The number of allylic oxidation sites excluding steroid dienone is 4. The van der Waals surface area contributed by atoms with Crippen LogP contribution in [0.5, 0.6) is 5.75 Å². The van der Waals surface area contributed by atoms with Gasteiger partial charge < -0.3 is 16.0 Å². The van der Waals surface area contributed by atoms with E-state index in [0.29, 0.717) is 6.07 Å². The Bertz CT molecular complexity index is 722. The highest BCUT2D eigenvalue weighted by molar-refractivity contribution is 5.79. The zero-order valence-corrected chi connectivity index (χ0v) is 11.7. The highest BCUT2D eigenvalue weighted by Gasteiger charge is 2.38. The molecule has 1 aromatic carbocycles. The van der Waals surface area contributed by atoms with E-state index in [0.717, 1.165) is 0 Å². The molecule has 0 amide bonds. The molecule has 0 bridgehead atoms. The average Bonchev–Trinajstić information content (AvgIpc) is 2.55. The van der Waals surface area contributed by atoms with Crippen LogP contribution in [0.1, 0.15) is 5.56 Å². The van der Waals surface area contributed by atoms with E-state index in [9.17, 15) is 18.3 Å². The Hall–Kier alpha value is -3.03. The summed E-state index contributed by atoms with van der Waals surface area (Å²) in [6, 6.07) is 1.96. The van der Waals surface area contributed by atoms with Gasteiger partial charge in [0.05, 0.1) is 11.3 Å². The Kier molecular flexibility index (Phi) is 3.65. The molecule has 1 aromatic rings. The number of halogens is 3. The first-order valence-corrected chi connectivity index (χ1v) is 6.68. The molecule has 23 heavy (non-hydrogen) atoms. The van der Waals surface area contributed by atoms with Crippen molar-refractivity contribution in [3.05, 3.63) is 66.8 Å². The Morgan fingerprint density at radius 2 is 1.48 bits per heavy atom. The summed E-state index contributed by atoms with van der Waals surface area (Å²) in [5, 5.41) is 12.4. The fourth-order valence-electron chi connectivity index (χ4n) is 2.26. The Labute approximate surface area is 130 Å². The van der Waals surface area contributed by atoms with Crippen molar-refractivity contribution >= 4 is 11.4 Å². The van der Waals surface area contributed by atoms with Crippen LogP contribution in [0.15, 0.2) is 61.2 Å². The lowest BCUT2D eigenvalue weighted by molar-refractivity contribution is -0.137. The number of hydrazine groups is 2. The average molecular weight is 322 g/mol. The summed E-state index contributed by atoms with van der Waals surface area (Å²) < 4.78 is 40.4. The SMILES string of the molecule is Oc1cc(N2C=CC=CN2)c(N2C=CC=CN2)c(C(F)(F)F)c1. The number of hydrogen-bond donors (Lipinski definition) is 3. The second-order valence-electron chi connectivity index (χ2n) is 4.76. The molecule has 0 aromatic heterocycles. The summed E-state index contributed by atoms with van der Waals surface area (Å²) >= 11 is 0. The lowest BCUT2D eigenvalue weighted by Crippen LogP contribution is -2.36. The van der Waals surface area contributed by atoms with Gasteiger partial charge in [-0.3, -0.25) is 10.0 Å². The molecular weight excluding hydrogens is 309 g/mol. The maximum atomic E-state index is 13.5. The van der Waals surface area contributed by atoms with Gasteiger partial charge in [0.15, 0.2) is 0 Å². The lowest BCUT2D eigenvalue weighted by atomic mass is 10.1. The number of alkyl halides is 3. The van der Waals surface area contributed by atoms with E-state index in [1.165, 1.54) is 28.5 Å². The molecule has 0 fully saturated rings. The van der Waals surface area contributed by atoms with Gasteiger partial charge in [-0.05, 0) is 30.4 Å². The second-order valence-corrected chi connectivity index (χ2v) is 4.76. The summed E-state index contributed by atoms with van der Waals surface area (Å²) in [5.41, 5.74) is 4.60. The van der Waals surface area contributed by atoms with Crippen LogP contribution in [0.25, 0.3) is 0 Å². The summed E-state index contributed by atoms with van der Waals surface area (Å²) in [4.78, 5) is 0. The molecule has 0 atom stereocenters. The minimum Gasteiger partial charge on any atom is -0.508 e. The number of aromatic hydroxyl groups is 1. The minimum atomic E-state index is -4.63. The Balaban J connectivity index is 2.18. The van der Waals surface area contributed by atoms with Gasteiger partial charge in [0.1, 0.15) is 11.4 Å². The summed E-state index contributed by atoms with van der Waals surface area (Å²) in [5.74, 6) is -0.475. The van der Waals surface area contributed by atoms with Crippen molar-refractivity contribution in [3.63, 3.8) is 0 Å². The predicted octanol–water partition coefficient (Wildman–Crippen LogP) is 3.12. The second kappa shape index (κ2) is 5.64. The lowest BCUT2D eigenvalue weighted by Gasteiger charge is -2.32. The summed E-state index contributed by atoms with van der Waals surface area (Å²) in [6.07, 6.45) is 8.10. The molecule has 3 N–H and O–H groups in total. The highest BCUT2D eigenvalue weighted by atomic mass is 19.4. The van der Waals surface area contributed by atoms with Crippen LogP contribution >= 0.6 is 0 Å². The van der Waals surface area contributed by atoms with Gasteiger partial charge in [0, 0.05) is 30.9 Å². The number of phenols is 1. The van der Waals surface area contributed by atoms with Crippen LogP contribution in [0.4, 0.5) is 24.5 Å². The fourth-order valence-corrected chi connectivity index (χ4v) is 2.26. The van der Waals surface area contributed by atoms with Gasteiger partial charge in [-0.25, -0.2) is 0 Å². The van der Waals surface area contributed by atoms with E-state index in [-0.39, 0.29) is 11.4 Å². The molecule has 3 rings (SSSR count). The standard InChI is InChI=1S/C15H13F3N4O/c16-15(17,18)12-9-11(23)10-13(21-7-3-1-5-19-21)14(12)22-8-4-2-6-20-22/h1-10,19-20,23H. The topological polar surface area (TPSA) is 50.8 Å². The third-order valence-corrected chi connectivity index (χ3v) is 3.19. The van der Waals surface area contributed by atoms with Crippen LogP contribution in [0, 0.1) is 0 Å². The number of benzene rings is 1. The molecule has 8 heteroatoms. The van der Waals surface area contributed by atoms with Crippen LogP contribution in [-0.2, 0) is 6.18 Å². The molecule has 0 saturated heterocycles. The quantitative estimate of drug-likeness (QED) is 0.781. The fraction of sp³-hybridized carbons (Fsp3) is 0.0667. The van der Waals surface area contributed by atoms with Crippen molar-refractivity contribution in [1.82, 2.24) is 10.9 Å². The molecular formula is C15H13F3N4O. The van der Waals surface area contributed by atoms with Gasteiger partial charge in [0.2, 0.25) is 0 Å². The maximum Gasteiger partial charge on any atom is 0.418 e. The van der Waals surface area contributed by atoms with Crippen molar-refractivity contribution in [2.45, 2.75) is 6.18 Å². The van der Waals surface area contributed by atoms with E-state index in [4.69, 9.17) is 0 Å². The first kappa shape index (κ1) is 14.9. The van der Waals surface area contributed by atoms with Crippen LogP contribution in [-0.4, -0.2) is 5.11 Å². The number of hydrogen-bond acceptors (Lipinski definition) is 5. The highest BCUT2D eigenvalue weighted by Crippen LogP contribution is 2.44. The van der Waals surface area contributed by atoms with Crippen molar-refractivity contribution in [2.75, 3.05) is 10.0 Å². The third-order valence-electron chi connectivity index (χ3n) is 3.19. The van der Waals surface area contributed by atoms with Gasteiger partial charge in [-0.15, -0.1) is 0 Å². The van der Waals surface area contributed by atoms with Crippen molar-refractivity contribution in [3.8, 4) is 5.75 Å². The predicted molar refractivity (Wildman–Crippen MR) is 80.9 cm³/mol. The Morgan fingerprint density at radius 1 is 0.870 bits per heavy atom. The van der Waals surface area contributed by atoms with E-state index in [1.807, 2.05) is 0 Å².